The maximum Gasteiger partial charge on any atom is 0.132 e. The van der Waals surface area contributed by atoms with Gasteiger partial charge in [0.1, 0.15) is 17.5 Å². The Morgan fingerprint density at radius 3 is 2.14 bits per heavy atom. The number of hydrogen-bond donors (Lipinski definition) is 2. The van der Waals surface area contributed by atoms with Crippen molar-refractivity contribution in [3.63, 3.8) is 0 Å². The van der Waals surface area contributed by atoms with Gasteiger partial charge in [0.05, 0.1) is 6.61 Å². The highest BCUT2D eigenvalue weighted by atomic mass is 19.1. The van der Waals surface area contributed by atoms with E-state index in [2.05, 4.69) is 0 Å². The smallest absolute Gasteiger partial charge is 0.132 e. The van der Waals surface area contributed by atoms with Gasteiger partial charge in [-0.2, -0.15) is 0 Å². The molecule has 0 amide bonds. The molecule has 5 heteroatoms. The first-order valence-electron chi connectivity index (χ1n) is 4.04. The SMILES string of the molecule is NC(CO)Cc1c(F)cc(F)cc1F. The lowest BCUT2D eigenvalue weighted by Gasteiger charge is -2.09. The Kier molecular flexibility index (Phi) is 3.49. The van der Waals surface area contributed by atoms with Gasteiger partial charge < -0.3 is 10.8 Å². The van der Waals surface area contributed by atoms with Crippen LogP contribution in [0.2, 0.25) is 0 Å². The molecule has 0 heterocycles. The summed E-state index contributed by atoms with van der Waals surface area (Å²) in [5.41, 5.74) is 5.01. The van der Waals surface area contributed by atoms with E-state index in [0.29, 0.717) is 12.1 Å². The number of halogens is 3. The Hall–Kier alpha value is -1.07. The van der Waals surface area contributed by atoms with Crippen LogP contribution >= 0.6 is 0 Å². The van der Waals surface area contributed by atoms with Gasteiger partial charge in [0.2, 0.25) is 0 Å². The third-order valence-electron chi connectivity index (χ3n) is 1.81. The normalized spacial score (nSPS) is 12.9. The van der Waals surface area contributed by atoms with Crippen LogP contribution < -0.4 is 5.73 Å². The van der Waals surface area contributed by atoms with Crippen molar-refractivity contribution >= 4 is 0 Å². The topological polar surface area (TPSA) is 46.2 Å². The van der Waals surface area contributed by atoms with Gasteiger partial charge in [0.25, 0.3) is 0 Å². The van der Waals surface area contributed by atoms with Crippen molar-refractivity contribution in [1.29, 1.82) is 0 Å². The van der Waals surface area contributed by atoms with Crippen LogP contribution in [0.1, 0.15) is 5.56 Å². The van der Waals surface area contributed by atoms with Crippen LogP contribution in [0.15, 0.2) is 12.1 Å². The van der Waals surface area contributed by atoms with E-state index in [1.165, 1.54) is 0 Å². The molecule has 14 heavy (non-hydrogen) atoms. The maximum atomic E-state index is 13.0. The Morgan fingerprint density at radius 2 is 1.71 bits per heavy atom. The molecule has 1 unspecified atom stereocenters. The maximum absolute atomic E-state index is 13.0. The molecule has 0 spiro atoms. The van der Waals surface area contributed by atoms with E-state index in [-0.39, 0.29) is 18.6 Å². The molecule has 0 aliphatic rings. The zero-order valence-electron chi connectivity index (χ0n) is 7.30. The molecule has 0 bridgehead atoms. The molecule has 0 saturated carbocycles. The summed E-state index contributed by atoms with van der Waals surface area (Å²) in [5, 5.41) is 8.59. The Morgan fingerprint density at radius 1 is 1.21 bits per heavy atom. The average Bonchev–Trinajstić information content (AvgIpc) is 2.10. The lowest BCUT2D eigenvalue weighted by atomic mass is 10.1. The van der Waals surface area contributed by atoms with Gasteiger partial charge in [-0.25, -0.2) is 13.2 Å². The van der Waals surface area contributed by atoms with E-state index in [9.17, 15) is 13.2 Å². The number of aliphatic hydroxyl groups is 1. The number of rotatable bonds is 3. The standard InChI is InChI=1S/C9H10F3NO/c10-5-1-8(11)7(9(12)2-5)3-6(13)4-14/h1-2,6,14H,3-4,13H2. The third kappa shape index (κ3) is 2.46. The van der Waals surface area contributed by atoms with Crippen molar-refractivity contribution in [2.24, 2.45) is 5.73 Å². The minimum atomic E-state index is -0.980. The van der Waals surface area contributed by atoms with Gasteiger partial charge in [-0.1, -0.05) is 0 Å². The van der Waals surface area contributed by atoms with Crippen LogP contribution in [0, 0.1) is 17.5 Å². The molecule has 1 rings (SSSR count). The molecule has 1 atom stereocenters. The zero-order chi connectivity index (χ0) is 10.7. The first-order chi connectivity index (χ1) is 6.54. The highest BCUT2D eigenvalue weighted by Crippen LogP contribution is 2.15. The fourth-order valence-corrected chi connectivity index (χ4v) is 1.09. The summed E-state index contributed by atoms with van der Waals surface area (Å²) in [6.07, 6.45) is -0.158. The molecule has 2 nitrogen and oxygen atoms in total. The van der Waals surface area contributed by atoms with Crippen molar-refractivity contribution in [2.75, 3.05) is 6.61 Å². The Bertz CT molecular complexity index is 307. The largest absolute Gasteiger partial charge is 0.395 e. The minimum Gasteiger partial charge on any atom is -0.395 e. The van der Waals surface area contributed by atoms with E-state index < -0.39 is 23.5 Å². The summed E-state index contributed by atoms with van der Waals surface area (Å²) in [5.74, 6) is -2.93. The van der Waals surface area contributed by atoms with E-state index in [0.717, 1.165) is 0 Å². The predicted molar refractivity (Wildman–Crippen MR) is 45.1 cm³/mol. The van der Waals surface area contributed by atoms with E-state index in [1.54, 1.807) is 0 Å². The monoisotopic (exact) mass is 205 g/mol. The summed E-state index contributed by atoms with van der Waals surface area (Å²) in [4.78, 5) is 0. The molecular formula is C9H10F3NO. The lowest BCUT2D eigenvalue weighted by molar-refractivity contribution is 0.263. The van der Waals surface area contributed by atoms with Crippen LogP contribution in [-0.2, 0) is 6.42 Å². The number of benzene rings is 1. The molecule has 0 aliphatic heterocycles. The van der Waals surface area contributed by atoms with Gasteiger partial charge in [0.15, 0.2) is 0 Å². The second kappa shape index (κ2) is 4.43. The van der Waals surface area contributed by atoms with E-state index in [4.69, 9.17) is 10.8 Å². The van der Waals surface area contributed by atoms with Gasteiger partial charge in [-0.15, -0.1) is 0 Å². The third-order valence-corrected chi connectivity index (χ3v) is 1.81. The summed E-state index contributed by atoms with van der Waals surface area (Å²) in [6, 6.07) is 0.426. The first-order valence-corrected chi connectivity index (χ1v) is 4.04. The van der Waals surface area contributed by atoms with Gasteiger partial charge in [0, 0.05) is 23.7 Å². The van der Waals surface area contributed by atoms with E-state index >= 15 is 0 Å². The van der Waals surface area contributed by atoms with Gasteiger partial charge in [-0.3, -0.25) is 0 Å². The molecule has 1 aromatic rings. The van der Waals surface area contributed by atoms with Crippen molar-refractivity contribution in [1.82, 2.24) is 0 Å². The van der Waals surface area contributed by atoms with Crippen molar-refractivity contribution < 1.29 is 18.3 Å². The minimum absolute atomic E-state index is 0.158. The summed E-state index contributed by atoms with van der Waals surface area (Å²) in [7, 11) is 0. The van der Waals surface area contributed by atoms with Gasteiger partial charge >= 0.3 is 0 Å². The summed E-state index contributed by atoms with van der Waals surface area (Å²) in [6.45, 7) is -0.379. The van der Waals surface area contributed by atoms with Crippen molar-refractivity contribution in [2.45, 2.75) is 12.5 Å². The quantitative estimate of drug-likeness (QED) is 0.772. The number of hydrogen-bond acceptors (Lipinski definition) is 2. The molecular weight excluding hydrogens is 195 g/mol. The fraction of sp³-hybridized carbons (Fsp3) is 0.333. The highest BCUT2D eigenvalue weighted by Gasteiger charge is 2.14. The van der Waals surface area contributed by atoms with Crippen molar-refractivity contribution in [3.05, 3.63) is 35.1 Å². The van der Waals surface area contributed by atoms with Crippen LogP contribution in [0.3, 0.4) is 0 Å². The second-order valence-electron chi connectivity index (χ2n) is 2.99. The summed E-state index contributed by atoms with van der Waals surface area (Å²) >= 11 is 0. The Balaban J connectivity index is 2.96. The molecule has 78 valence electrons. The Labute approximate surface area is 79.2 Å². The second-order valence-corrected chi connectivity index (χ2v) is 2.99. The van der Waals surface area contributed by atoms with Crippen LogP contribution in [0.4, 0.5) is 13.2 Å². The van der Waals surface area contributed by atoms with E-state index in [1.807, 2.05) is 0 Å². The molecule has 1 aromatic carbocycles. The predicted octanol–water partition coefficient (Wildman–Crippen LogP) is 0.966. The van der Waals surface area contributed by atoms with Gasteiger partial charge in [-0.05, 0) is 6.42 Å². The highest BCUT2D eigenvalue weighted by molar-refractivity contribution is 5.21. The molecule has 0 fully saturated rings. The summed E-state index contributed by atoms with van der Waals surface area (Å²) < 4.78 is 38.4. The fourth-order valence-electron chi connectivity index (χ4n) is 1.09. The van der Waals surface area contributed by atoms with Crippen LogP contribution in [0.25, 0.3) is 0 Å². The zero-order valence-corrected chi connectivity index (χ0v) is 7.30. The molecule has 3 N–H and O–H groups in total. The molecule has 0 saturated heterocycles. The first kappa shape index (κ1) is 11.0. The van der Waals surface area contributed by atoms with Crippen LogP contribution in [0.5, 0.6) is 0 Å². The number of nitrogens with two attached hydrogens (primary N) is 1. The number of aliphatic hydroxyl groups excluding tert-OH is 1. The van der Waals surface area contributed by atoms with Crippen LogP contribution in [-0.4, -0.2) is 17.8 Å². The lowest BCUT2D eigenvalue weighted by Crippen LogP contribution is -2.27. The molecule has 0 aromatic heterocycles. The van der Waals surface area contributed by atoms with Crippen molar-refractivity contribution in [3.8, 4) is 0 Å². The average molecular weight is 205 g/mol. The molecule has 0 radical (unpaired) electrons. The molecule has 0 aliphatic carbocycles.